The molecule has 1 atom stereocenters. The van der Waals surface area contributed by atoms with Crippen molar-refractivity contribution >= 4 is 17.9 Å². The van der Waals surface area contributed by atoms with E-state index in [1.54, 1.807) is 0 Å². The summed E-state index contributed by atoms with van der Waals surface area (Å²) >= 11 is 0. The van der Waals surface area contributed by atoms with E-state index in [2.05, 4.69) is 191 Å². The lowest BCUT2D eigenvalue weighted by molar-refractivity contribution is -0.167. The summed E-state index contributed by atoms with van der Waals surface area (Å²) < 4.78 is 16.8. The molecule has 0 aromatic heterocycles. The smallest absolute Gasteiger partial charge is 0.306 e. The molecule has 0 saturated carbocycles. The summed E-state index contributed by atoms with van der Waals surface area (Å²) in [5.74, 6) is -1.05. The molecule has 0 bridgehead atoms. The van der Waals surface area contributed by atoms with Crippen LogP contribution in [-0.4, -0.2) is 37.2 Å². The Bertz CT molecular complexity index is 1750. The summed E-state index contributed by atoms with van der Waals surface area (Å²) in [5, 5.41) is 0. The van der Waals surface area contributed by atoms with Crippen molar-refractivity contribution in [1.82, 2.24) is 0 Å². The van der Waals surface area contributed by atoms with Crippen molar-refractivity contribution in [2.75, 3.05) is 13.2 Å². The second-order valence-corrected chi connectivity index (χ2v) is 18.8. The standard InChI is InChI=1S/C69H106O6/c1-4-7-10-13-16-19-22-25-27-29-31-33-34-36-37-39-41-44-47-50-53-56-59-62-68(71)74-65-66(64-73-67(70)61-58-55-52-49-46-43-24-21-18-15-12-9-6-3)75-69(72)63-60-57-54-51-48-45-42-40-38-35-32-30-28-26-23-20-17-14-11-8-5-2/h7-8,10-11,16-17,19-21,24-28,31-33,35-37,40-42,44,48,50-51,53,66H,4-6,9,12-15,18,22-23,29-30,34,38-39,43,45-47,49,52,54-65H2,1-3H3/b10-7-,11-8-,19-16-,20-17-,24-21-,27-25-,28-26-,33-31-,35-32-,37-36-,42-40-,44-41-,51-48-,53-50-. The van der Waals surface area contributed by atoms with Crippen molar-refractivity contribution in [2.24, 2.45) is 0 Å². The van der Waals surface area contributed by atoms with Gasteiger partial charge < -0.3 is 14.2 Å². The van der Waals surface area contributed by atoms with Gasteiger partial charge >= 0.3 is 17.9 Å². The Morgan fingerprint density at radius 2 is 0.533 bits per heavy atom. The zero-order valence-electron chi connectivity index (χ0n) is 47.7. The fraction of sp³-hybridized carbons (Fsp3) is 0.551. The monoisotopic (exact) mass is 1030 g/mol. The number of ether oxygens (including phenoxy) is 3. The Kier molecular flexibility index (Phi) is 57.0. The number of rotatable bonds is 51. The van der Waals surface area contributed by atoms with Crippen LogP contribution in [0.2, 0.25) is 0 Å². The first kappa shape index (κ1) is 69.8. The van der Waals surface area contributed by atoms with Crippen LogP contribution in [0.25, 0.3) is 0 Å². The molecule has 0 aromatic rings. The Labute approximate surface area is 460 Å². The van der Waals surface area contributed by atoms with Crippen molar-refractivity contribution in [3.05, 3.63) is 170 Å². The molecule has 6 heteroatoms. The molecule has 0 aliphatic carbocycles. The molecule has 1 unspecified atom stereocenters. The number of carbonyl (C=O) groups is 3. The molecular weight excluding hydrogens is 925 g/mol. The third kappa shape index (κ3) is 59.5. The highest BCUT2D eigenvalue weighted by Gasteiger charge is 2.19. The summed E-state index contributed by atoms with van der Waals surface area (Å²) in [5.41, 5.74) is 0. The van der Waals surface area contributed by atoms with Gasteiger partial charge in [0.2, 0.25) is 0 Å². The average Bonchev–Trinajstić information content (AvgIpc) is 3.41. The van der Waals surface area contributed by atoms with E-state index in [4.69, 9.17) is 14.2 Å². The SMILES string of the molecule is CC/C=C\C/C=C\C/C=C\C/C=C\C/C=C\C/C=C\C/C=C\CCCC(=O)OCC(COC(=O)CCCCCCC/C=C\CCCCCC)OC(=O)CCCC/C=C\C/C=C\C/C=C\C/C=C\C/C=C\C/C=C\CC. The van der Waals surface area contributed by atoms with Crippen molar-refractivity contribution in [1.29, 1.82) is 0 Å². The van der Waals surface area contributed by atoms with E-state index in [0.717, 1.165) is 135 Å². The number of unbranched alkanes of at least 4 members (excludes halogenated alkanes) is 12. The third-order valence-corrected chi connectivity index (χ3v) is 11.7. The van der Waals surface area contributed by atoms with Crippen LogP contribution in [0.15, 0.2) is 170 Å². The summed E-state index contributed by atoms with van der Waals surface area (Å²) in [6.07, 6.45) is 90.6. The molecule has 0 fully saturated rings. The second-order valence-electron chi connectivity index (χ2n) is 18.8. The lowest BCUT2D eigenvalue weighted by atomic mass is 10.1. The number of esters is 3. The zero-order chi connectivity index (χ0) is 54.3. The molecule has 0 aliphatic rings. The molecular formula is C69H106O6. The lowest BCUT2D eigenvalue weighted by Crippen LogP contribution is -2.30. The molecule has 0 radical (unpaired) electrons. The first-order valence-electron chi connectivity index (χ1n) is 29.6. The number of allylic oxidation sites excluding steroid dienone is 28. The maximum Gasteiger partial charge on any atom is 0.306 e. The van der Waals surface area contributed by atoms with E-state index < -0.39 is 6.10 Å². The van der Waals surface area contributed by atoms with Crippen LogP contribution in [0, 0.1) is 0 Å². The minimum Gasteiger partial charge on any atom is -0.462 e. The van der Waals surface area contributed by atoms with Gasteiger partial charge in [-0.15, -0.1) is 0 Å². The van der Waals surface area contributed by atoms with Crippen LogP contribution in [0.1, 0.15) is 226 Å². The normalized spacial score (nSPS) is 13.4. The van der Waals surface area contributed by atoms with Gasteiger partial charge in [-0.3, -0.25) is 14.4 Å². The molecule has 0 N–H and O–H groups in total. The predicted octanol–water partition coefficient (Wildman–Crippen LogP) is 20.3. The van der Waals surface area contributed by atoms with Crippen LogP contribution in [0.3, 0.4) is 0 Å². The Balaban J connectivity index is 4.59. The van der Waals surface area contributed by atoms with Crippen LogP contribution in [-0.2, 0) is 28.6 Å². The van der Waals surface area contributed by atoms with Crippen LogP contribution in [0.4, 0.5) is 0 Å². The quantitative estimate of drug-likeness (QED) is 0.0261. The average molecular weight is 1030 g/mol. The summed E-state index contributed by atoms with van der Waals surface area (Å²) in [6.45, 7) is 6.28. The Hall–Kier alpha value is -5.23. The van der Waals surface area contributed by atoms with E-state index in [-0.39, 0.29) is 44.0 Å². The zero-order valence-corrected chi connectivity index (χ0v) is 47.7. The molecule has 0 rings (SSSR count). The van der Waals surface area contributed by atoms with Gasteiger partial charge in [0.15, 0.2) is 6.10 Å². The highest BCUT2D eigenvalue weighted by Crippen LogP contribution is 2.12. The van der Waals surface area contributed by atoms with Gasteiger partial charge in [0.05, 0.1) is 0 Å². The molecule has 0 amide bonds. The van der Waals surface area contributed by atoms with Gasteiger partial charge in [0.25, 0.3) is 0 Å². The minimum atomic E-state index is -0.838. The van der Waals surface area contributed by atoms with Gasteiger partial charge in [-0.2, -0.15) is 0 Å². The van der Waals surface area contributed by atoms with Gasteiger partial charge in [0.1, 0.15) is 13.2 Å². The van der Waals surface area contributed by atoms with Crippen LogP contribution in [0.5, 0.6) is 0 Å². The van der Waals surface area contributed by atoms with Gasteiger partial charge in [-0.25, -0.2) is 0 Å². The van der Waals surface area contributed by atoms with E-state index >= 15 is 0 Å². The summed E-state index contributed by atoms with van der Waals surface area (Å²) in [4.78, 5) is 38.2. The maximum absolute atomic E-state index is 12.9. The van der Waals surface area contributed by atoms with Crippen LogP contribution >= 0.6 is 0 Å². The third-order valence-electron chi connectivity index (χ3n) is 11.7. The minimum absolute atomic E-state index is 0.126. The van der Waals surface area contributed by atoms with E-state index in [1.807, 2.05) is 0 Å². The molecule has 418 valence electrons. The Morgan fingerprint density at radius 3 is 0.907 bits per heavy atom. The Morgan fingerprint density at radius 1 is 0.280 bits per heavy atom. The van der Waals surface area contributed by atoms with Gasteiger partial charge in [0, 0.05) is 19.3 Å². The second kappa shape index (κ2) is 61.3. The lowest BCUT2D eigenvalue weighted by Gasteiger charge is -2.18. The molecule has 0 aliphatic heterocycles. The van der Waals surface area contributed by atoms with E-state index in [1.165, 1.54) is 38.5 Å². The fourth-order valence-corrected chi connectivity index (χ4v) is 7.31. The number of hydrogen-bond acceptors (Lipinski definition) is 6. The first-order valence-corrected chi connectivity index (χ1v) is 29.6. The van der Waals surface area contributed by atoms with E-state index in [9.17, 15) is 14.4 Å². The summed E-state index contributed by atoms with van der Waals surface area (Å²) in [7, 11) is 0. The molecule has 0 aromatic carbocycles. The highest BCUT2D eigenvalue weighted by atomic mass is 16.6. The van der Waals surface area contributed by atoms with E-state index in [0.29, 0.717) is 19.3 Å². The molecule has 0 heterocycles. The van der Waals surface area contributed by atoms with Crippen molar-refractivity contribution in [3.8, 4) is 0 Å². The fourth-order valence-electron chi connectivity index (χ4n) is 7.31. The maximum atomic E-state index is 12.9. The van der Waals surface area contributed by atoms with Crippen LogP contribution < -0.4 is 0 Å². The van der Waals surface area contributed by atoms with Crippen molar-refractivity contribution < 1.29 is 28.6 Å². The highest BCUT2D eigenvalue weighted by molar-refractivity contribution is 5.71. The molecule has 75 heavy (non-hydrogen) atoms. The summed E-state index contributed by atoms with van der Waals surface area (Å²) in [6, 6.07) is 0. The molecule has 0 spiro atoms. The topological polar surface area (TPSA) is 78.9 Å². The molecule has 6 nitrogen and oxygen atoms in total. The van der Waals surface area contributed by atoms with Gasteiger partial charge in [-0.1, -0.05) is 229 Å². The van der Waals surface area contributed by atoms with Crippen molar-refractivity contribution in [3.63, 3.8) is 0 Å². The predicted molar refractivity (Wildman–Crippen MR) is 325 cm³/mol. The first-order chi connectivity index (χ1) is 37.0. The van der Waals surface area contributed by atoms with Crippen molar-refractivity contribution in [2.45, 2.75) is 232 Å². The number of hydrogen-bond donors (Lipinski definition) is 0. The largest absolute Gasteiger partial charge is 0.462 e. The van der Waals surface area contributed by atoms with Gasteiger partial charge in [-0.05, 0) is 148 Å². The molecule has 0 saturated heterocycles. The number of carbonyl (C=O) groups excluding carboxylic acids is 3.